The Hall–Kier alpha value is -1.59. The first-order chi connectivity index (χ1) is 11.5. The molecule has 1 saturated carbocycles. The number of hydrogen-bond donors (Lipinski definition) is 2. The Morgan fingerprint density at radius 1 is 1.28 bits per heavy atom. The molecule has 5 nitrogen and oxygen atoms in total. The molecule has 25 heavy (non-hydrogen) atoms. The van der Waals surface area contributed by atoms with Gasteiger partial charge in [-0.05, 0) is 62.3 Å². The summed E-state index contributed by atoms with van der Waals surface area (Å²) in [6, 6.07) is 7.33. The van der Waals surface area contributed by atoms with Gasteiger partial charge in [-0.3, -0.25) is 9.59 Å². The molecular formula is C19H28ClN3O2. The average Bonchev–Trinajstić information content (AvgIpc) is 3.32. The topological polar surface area (TPSA) is 75.4 Å². The predicted molar refractivity (Wildman–Crippen MR) is 102 cm³/mol. The second-order valence-corrected chi connectivity index (χ2v) is 7.40. The van der Waals surface area contributed by atoms with Gasteiger partial charge in [-0.15, -0.1) is 12.4 Å². The lowest BCUT2D eigenvalue weighted by Gasteiger charge is -2.34. The van der Waals surface area contributed by atoms with Crippen LogP contribution in [0.5, 0.6) is 0 Å². The van der Waals surface area contributed by atoms with E-state index in [1.54, 1.807) is 12.1 Å². The van der Waals surface area contributed by atoms with Crippen molar-refractivity contribution in [1.82, 2.24) is 4.90 Å². The predicted octanol–water partition coefficient (Wildman–Crippen LogP) is 2.90. The first-order valence-electron chi connectivity index (χ1n) is 8.91. The van der Waals surface area contributed by atoms with Gasteiger partial charge < -0.3 is 16.0 Å². The van der Waals surface area contributed by atoms with E-state index in [0.717, 1.165) is 38.0 Å². The fraction of sp³-hybridized carbons (Fsp3) is 0.579. The van der Waals surface area contributed by atoms with Gasteiger partial charge in [0.2, 0.25) is 5.91 Å². The van der Waals surface area contributed by atoms with Gasteiger partial charge >= 0.3 is 0 Å². The van der Waals surface area contributed by atoms with Crippen LogP contribution >= 0.6 is 12.4 Å². The average molecular weight is 366 g/mol. The number of likely N-dealkylation sites (tertiary alicyclic amines) is 1. The first-order valence-corrected chi connectivity index (χ1v) is 8.91. The van der Waals surface area contributed by atoms with Crippen molar-refractivity contribution in [3.05, 3.63) is 29.8 Å². The van der Waals surface area contributed by atoms with E-state index >= 15 is 0 Å². The zero-order valence-electron chi connectivity index (χ0n) is 14.9. The Labute approximate surface area is 155 Å². The van der Waals surface area contributed by atoms with E-state index in [4.69, 9.17) is 5.73 Å². The van der Waals surface area contributed by atoms with Crippen LogP contribution < -0.4 is 11.1 Å². The van der Waals surface area contributed by atoms with Crippen LogP contribution in [0.4, 0.5) is 5.69 Å². The molecule has 1 aromatic carbocycles. The highest BCUT2D eigenvalue weighted by Crippen LogP contribution is 2.38. The van der Waals surface area contributed by atoms with Crippen LogP contribution in [0, 0.1) is 17.8 Å². The molecule has 4 unspecified atom stereocenters. The molecule has 0 bridgehead atoms. The van der Waals surface area contributed by atoms with E-state index in [2.05, 4.69) is 12.2 Å². The molecule has 0 radical (unpaired) electrons. The minimum Gasteiger partial charge on any atom is -0.338 e. The van der Waals surface area contributed by atoms with Gasteiger partial charge in [-0.1, -0.05) is 6.92 Å². The highest BCUT2D eigenvalue weighted by molar-refractivity contribution is 5.97. The SMILES string of the molecule is CC(N)C1CCCN(C(=O)c2ccc(NC(=O)C3CC3C)cc2)C1.Cl. The maximum atomic E-state index is 12.7. The summed E-state index contributed by atoms with van der Waals surface area (Å²) >= 11 is 0. The summed E-state index contributed by atoms with van der Waals surface area (Å²) < 4.78 is 0. The molecule has 3 N–H and O–H groups in total. The summed E-state index contributed by atoms with van der Waals surface area (Å²) in [5.41, 5.74) is 7.41. The largest absolute Gasteiger partial charge is 0.338 e. The number of halogens is 1. The summed E-state index contributed by atoms with van der Waals surface area (Å²) in [6.07, 6.45) is 3.07. The number of nitrogens with two attached hydrogens (primary N) is 1. The lowest BCUT2D eigenvalue weighted by molar-refractivity contribution is -0.117. The van der Waals surface area contributed by atoms with Gasteiger partial charge in [0.25, 0.3) is 5.91 Å². The monoisotopic (exact) mass is 365 g/mol. The summed E-state index contributed by atoms with van der Waals surface area (Å²) in [6.45, 7) is 5.62. The third-order valence-corrected chi connectivity index (χ3v) is 5.33. The lowest BCUT2D eigenvalue weighted by atomic mass is 9.92. The number of piperidine rings is 1. The molecule has 3 rings (SSSR count). The fourth-order valence-electron chi connectivity index (χ4n) is 3.42. The molecule has 2 fully saturated rings. The number of carbonyl (C=O) groups excluding carboxylic acids is 2. The zero-order valence-corrected chi connectivity index (χ0v) is 15.7. The maximum Gasteiger partial charge on any atom is 0.253 e. The first kappa shape index (κ1) is 19.7. The van der Waals surface area contributed by atoms with Crippen molar-refractivity contribution in [1.29, 1.82) is 0 Å². The van der Waals surface area contributed by atoms with Crippen LogP contribution in [-0.4, -0.2) is 35.8 Å². The van der Waals surface area contributed by atoms with E-state index in [9.17, 15) is 9.59 Å². The van der Waals surface area contributed by atoms with Crippen molar-refractivity contribution in [2.45, 2.75) is 39.2 Å². The third kappa shape index (κ3) is 4.73. The minimum absolute atomic E-state index is 0. The molecule has 2 amide bonds. The molecule has 1 aliphatic heterocycles. The van der Waals surface area contributed by atoms with Crippen molar-refractivity contribution in [3.63, 3.8) is 0 Å². The molecule has 0 aromatic heterocycles. The number of amides is 2. The number of nitrogens with one attached hydrogen (secondary N) is 1. The molecule has 2 aliphatic rings. The Kier molecular flexibility index (Phi) is 6.47. The Balaban J connectivity index is 0.00000225. The smallest absolute Gasteiger partial charge is 0.253 e. The molecular weight excluding hydrogens is 338 g/mol. The van der Waals surface area contributed by atoms with Crippen LogP contribution in [-0.2, 0) is 4.79 Å². The fourth-order valence-corrected chi connectivity index (χ4v) is 3.42. The molecule has 1 heterocycles. The molecule has 138 valence electrons. The van der Waals surface area contributed by atoms with E-state index < -0.39 is 0 Å². The second kappa shape index (κ2) is 8.19. The van der Waals surface area contributed by atoms with Gasteiger partial charge in [0.15, 0.2) is 0 Å². The van der Waals surface area contributed by atoms with E-state index in [-0.39, 0.29) is 36.2 Å². The molecule has 1 saturated heterocycles. The molecule has 1 aromatic rings. The minimum atomic E-state index is 0. The van der Waals surface area contributed by atoms with Crippen molar-refractivity contribution < 1.29 is 9.59 Å². The van der Waals surface area contributed by atoms with Crippen molar-refractivity contribution >= 4 is 29.9 Å². The van der Waals surface area contributed by atoms with E-state index in [1.165, 1.54) is 0 Å². The van der Waals surface area contributed by atoms with Gasteiger partial charge in [0, 0.05) is 36.3 Å². The lowest BCUT2D eigenvalue weighted by Crippen LogP contribution is -2.45. The summed E-state index contributed by atoms with van der Waals surface area (Å²) in [5.74, 6) is 1.14. The number of carbonyl (C=O) groups is 2. The quantitative estimate of drug-likeness (QED) is 0.861. The number of nitrogens with zero attached hydrogens (tertiary/aromatic N) is 1. The van der Waals surface area contributed by atoms with Crippen LogP contribution in [0.1, 0.15) is 43.5 Å². The number of hydrogen-bond acceptors (Lipinski definition) is 3. The highest BCUT2D eigenvalue weighted by Gasteiger charge is 2.39. The van der Waals surface area contributed by atoms with Gasteiger partial charge in [-0.2, -0.15) is 0 Å². The molecule has 6 heteroatoms. The molecule has 4 atom stereocenters. The Bertz CT molecular complexity index is 618. The Morgan fingerprint density at radius 2 is 1.92 bits per heavy atom. The number of rotatable bonds is 4. The number of anilines is 1. The third-order valence-electron chi connectivity index (χ3n) is 5.33. The van der Waals surface area contributed by atoms with Gasteiger partial charge in [0.05, 0.1) is 0 Å². The molecule has 1 aliphatic carbocycles. The van der Waals surface area contributed by atoms with E-state index in [1.807, 2.05) is 24.0 Å². The van der Waals surface area contributed by atoms with E-state index in [0.29, 0.717) is 17.4 Å². The van der Waals surface area contributed by atoms with Crippen LogP contribution in [0.25, 0.3) is 0 Å². The summed E-state index contributed by atoms with van der Waals surface area (Å²) in [7, 11) is 0. The maximum absolute atomic E-state index is 12.7. The van der Waals surface area contributed by atoms with Crippen molar-refractivity contribution in [3.8, 4) is 0 Å². The van der Waals surface area contributed by atoms with Crippen LogP contribution in [0.2, 0.25) is 0 Å². The van der Waals surface area contributed by atoms with Crippen LogP contribution in [0.3, 0.4) is 0 Å². The van der Waals surface area contributed by atoms with Crippen LogP contribution in [0.15, 0.2) is 24.3 Å². The number of benzene rings is 1. The Morgan fingerprint density at radius 3 is 2.48 bits per heavy atom. The van der Waals surface area contributed by atoms with Crippen molar-refractivity contribution in [2.75, 3.05) is 18.4 Å². The van der Waals surface area contributed by atoms with Crippen molar-refractivity contribution in [2.24, 2.45) is 23.5 Å². The van der Waals surface area contributed by atoms with Gasteiger partial charge in [0.1, 0.15) is 0 Å². The van der Waals surface area contributed by atoms with Gasteiger partial charge in [-0.25, -0.2) is 0 Å². The molecule has 0 spiro atoms. The highest BCUT2D eigenvalue weighted by atomic mass is 35.5. The zero-order chi connectivity index (χ0) is 17.3. The summed E-state index contributed by atoms with van der Waals surface area (Å²) in [5, 5.41) is 2.92. The standard InChI is InChI=1S/C19H27N3O2.ClH/c1-12-10-17(12)18(23)21-16-7-5-14(6-8-16)19(24)22-9-3-4-15(11-22)13(2)20;/h5-8,12-13,15,17H,3-4,9-11,20H2,1-2H3,(H,21,23);1H. The summed E-state index contributed by atoms with van der Waals surface area (Å²) in [4.78, 5) is 26.5. The normalized spacial score (nSPS) is 26.4. The second-order valence-electron chi connectivity index (χ2n) is 7.40.